The maximum Gasteiger partial charge on any atom is 0.142 e. The quantitative estimate of drug-likeness (QED) is 0.817. The van der Waals surface area contributed by atoms with E-state index in [-0.39, 0.29) is 0 Å². The highest BCUT2D eigenvalue weighted by molar-refractivity contribution is 5.52. The molecular formula is C17H22N2O. The molecule has 0 spiro atoms. The summed E-state index contributed by atoms with van der Waals surface area (Å²) in [5, 5.41) is 0. The summed E-state index contributed by atoms with van der Waals surface area (Å²) in [5.41, 5.74) is 9.05. The first-order valence-electron chi connectivity index (χ1n) is 6.99. The molecule has 0 aliphatic carbocycles. The highest BCUT2D eigenvalue weighted by Crippen LogP contribution is 2.20. The Labute approximate surface area is 121 Å². The van der Waals surface area contributed by atoms with E-state index in [2.05, 4.69) is 43.0 Å². The van der Waals surface area contributed by atoms with Crippen LogP contribution in [-0.2, 0) is 0 Å². The van der Waals surface area contributed by atoms with Crippen LogP contribution >= 0.6 is 0 Å². The van der Waals surface area contributed by atoms with E-state index in [0.29, 0.717) is 12.3 Å². The number of anilines is 2. The largest absolute Gasteiger partial charge is 0.490 e. The van der Waals surface area contributed by atoms with Crippen molar-refractivity contribution >= 4 is 11.4 Å². The summed E-state index contributed by atoms with van der Waals surface area (Å²) in [7, 11) is 0. The summed E-state index contributed by atoms with van der Waals surface area (Å²) in [6.07, 6.45) is 0. The van der Waals surface area contributed by atoms with Gasteiger partial charge in [-0.3, -0.25) is 0 Å². The molecule has 0 amide bonds. The number of hydrogen-bond acceptors (Lipinski definition) is 3. The fourth-order valence-corrected chi connectivity index (χ4v) is 2.17. The molecular weight excluding hydrogens is 248 g/mol. The van der Waals surface area contributed by atoms with Gasteiger partial charge in [0.05, 0.1) is 12.2 Å². The molecule has 2 rings (SSSR count). The predicted molar refractivity (Wildman–Crippen MR) is 85.4 cm³/mol. The molecule has 0 unspecified atom stereocenters. The molecule has 0 saturated carbocycles. The van der Waals surface area contributed by atoms with Crippen molar-refractivity contribution in [2.45, 2.75) is 13.8 Å². The number of nitrogens with zero attached hydrogens (tertiary/aromatic N) is 1. The van der Waals surface area contributed by atoms with Crippen LogP contribution in [0.5, 0.6) is 5.75 Å². The molecule has 2 aromatic rings. The third kappa shape index (κ3) is 3.67. The summed E-state index contributed by atoms with van der Waals surface area (Å²) in [4.78, 5) is 2.30. The van der Waals surface area contributed by atoms with E-state index in [1.807, 2.05) is 24.3 Å². The second-order valence-electron chi connectivity index (χ2n) is 4.80. The minimum absolute atomic E-state index is 0.621. The van der Waals surface area contributed by atoms with Crippen molar-refractivity contribution in [2.24, 2.45) is 0 Å². The number of aryl methyl sites for hydroxylation is 1. The smallest absolute Gasteiger partial charge is 0.142 e. The molecule has 0 radical (unpaired) electrons. The molecule has 106 valence electrons. The van der Waals surface area contributed by atoms with Gasteiger partial charge in [-0.05, 0) is 43.7 Å². The lowest BCUT2D eigenvalue weighted by Gasteiger charge is -2.23. The van der Waals surface area contributed by atoms with Crippen molar-refractivity contribution in [3.8, 4) is 5.75 Å². The van der Waals surface area contributed by atoms with Crippen LogP contribution in [0.1, 0.15) is 12.5 Å². The van der Waals surface area contributed by atoms with Gasteiger partial charge in [-0.15, -0.1) is 0 Å². The Morgan fingerprint density at radius 3 is 2.60 bits per heavy atom. The Kier molecular flexibility index (Phi) is 4.88. The zero-order valence-electron chi connectivity index (χ0n) is 12.2. The number of ether oxygens (including phenoxy) is 1. The molecule has 3 nitrogen and oxygen atoms in total. The van der Waals surface area contributed by atoms with E-state index >= 15 is 0 Å². The molecule has 20 heavy (non-hydrogen) atoms. The fraction of sp³-hybridized carbons (Fsp3) is 0.294. The minimum Gasteiger partial charge on any atom is -0.490 e. The SMILES string of the molecule is CCN(CCOc1ccccc1N)c1cccc(C)c1. The molecule has 0 atom stereocenters. The van der Waals surface area contributed by atoms with Crippen LogP contribution in [0.15, 0.2) is 48.5 Å². The van der Waals surface area contributed by atoms with Gasteiger partial charge in [0.25, 0.3) is 0 Å². The number of likely N-dealkylation sites (N-methyl/N-ethyl adjacent to an activating group) is 1. The van der Waals surface area contributed by atoms with E-state index < -0.39 is 0 Å². The number of hydrogen-bond donors (Lipinski definition) is 1. The van der Waals surface area contributed by atoms with Crippen molar-refractivity contribution in [2.75, 3.05) is 30.3 Å². The van der Waals surface area contributed by atoms with Gasteiger partial charge in [-0.1, -0.05) is 24.3 Å². The first-order chi connectivity index (χ1) is 9.70. The Morgan fingerprint density at radius 2 is 1.90 bits per heavy atom. The minimum atomic E-state index is 0.621. The van der Waals surface area contributed by atoms with Gasteiger partial charge in [0.2, 0.25) is 0 Å². The molecule has 0 aliphatic heterocycles. The number of nitrogens with two attached hydrogens (primary N) is 1. The standard InChI is InChI=1S/C17H22N2O/c1-3-19(15-8-6-7-14(2)13-15)11-12-20-17-10-5-4-9-16(17)18/h4-10,13H,3,11-12,18H2,1-2H3. The third-order valence-electron chi connectivity index (χ3n) is 3.29. The van der Waals surface area contributed by atoms with Crippen LogP contribution in [0.25, 0.3) is 0 Å². The summed E-state index contributed by atoms with van der Waals surface area (Å²) < 4.78 is 5.75. The zero-order valence-corrected chi connectivity index (χ0v) is 12.2. The van der Waals surface area contributed by atoms with Gasteiger partial charge in [-0.25, -0.2) is 0 Å². The zero-order chi connectivity index (χ0) is 14.4. The Morgan fingerprint density at radius 1 is 1.10 bits per heavy atom. The van der Waals surface area contributed by atoms with Gasteiger partial charge in [0, 0.05) is 12.2 Å². The summed E-state index contributed by atoms with van der Waals surface area (Å²) in [5.74, 6) is 0.757. The van der Waals surface area contributed by atoms with Crippen molar-refractivity contribution in [1.82, 2.24) is 0 Å². The average molecular weight is 270 g/mol. The number of rotatable bonds is 6. The average Bonchev–Trinajstić information content (AvgIpc) is 2.45. The van der Waals surface area contributed by atoms with Gasteiger partial charge >= 0.3 is 0 Å². The normalized spacial score (nSPS) is 10.3. The molecule has 0 bridgehead atoms. The maximum absolute atomic E-state index is 5.86. The van der Waals surface area contributed by atoms with Crippen molar-refractivity contribution in [1.29, 1.82) is 0 Å². The molecule has 0 aliphatic rings. The summed E-state index contributed by atoms with van der Waals surface area (Å²) in [6.45, 7) is 6.68. The van der Waals surface area contributed by atoms with E-state index in [0.717, 1.165) is 18.8 Å². The molecule has 0 heterocycles. The van der Waals surface area contributed by atoms with Gasteiger partial charge < -0.3 is 15.4 Å². The van der Waals surface area contributed by atoms with E-state index in [1.165, 1.54) is 11.3 Å². The number of para-hydroxylation sites is 2. The second-order valence-corrected chi connectivity index (χ2v) is 4.80. The van der Waals surface area contributed by atoms with Crippen molar-refractivity contribution in [3.05, 3.63) is 54.1 Å². The van der Waals surface area contributed by atoms with Crippen LogP contribution in [-0.4, -0.2) is 19.7 Å². The highest BCUT2D eigenvalue weighted by Gasteiger charge is 2.05. The van der Waals surface area contributed by atoms with E-state index in [9.17, 15) is 0 Å². The molecule has 0 saturated heterocycles. The first kappa shape index (κ1) is 14.3. The monoisotopic (exact) mass is 270 g/mol. The summed E-state index contributed by atoms with van der Waals surface area (Å²) in [6, 6.07) is 16.1. The second kappa shape index (κ2) is 6.85. The lowest BCUT2D eigenvalue weighted by molar-refractivity contribution is 0.326. The van der Waals surface area contributed by atoms with Crippen LogP contribution in [0.4, 0.5) is 11.4 Å². The van der Waals surface area contributed by atoms with Crippen LogP contribution < -0.4 is 15.4 Å². The molecule has 3 heteroatoms. The van der Waals surface area contributed by atoms with Crippen LogP contribution in [0, 0.1) is 6.92 Å². The van der Waals surface area contributed by atoms with Gasteiger partial charge in [0.15, 0.2) is 0 Å². The number of benzene rings is 2. The van der Waals surface area contributed by atoms with Crippen molar-refractivity contribution in [3.63, 3.8) is 0 Å². The molecule has 2 aromatic carbocycles. The summed E-state index contributed by atoms with van der Waals surface area (Å²) >= 11 is 0. The van der Waals surface area contributed by atoms with Gasteiger partial charge in [-0.2, -0.15) is 0 Å². The third-order valence-corrected chi connectivity index (χ3v) is 3.29. The molecule has 2 N–H and O–H groups in total. The van der Waals surface area contributed by atoms with E-state index in [1.54, 1.807) is 0 Å². The topological polar surface area (TPSA) is 38.5 Å². The van der Waals surface area contributed by atoms with Crippen LogP contribution in [0.3, 0.4) is 0 Å². The Balaban J connectivity index is 1.93. The fourth-order valence-electron chi connectivity index (χ4n) is 2.17. The Bertz CT molecular complexity index is 554. The number of nitrogen functional groups attached to an aromatic ring is 1. The predicted octanol–water partition coefficient (Wildman–Crippen LogP) is 3.48. The van der Waals surface area contributed by atoms with Gasteiger partial charge in [0.1, 0.15) is 12.4 Å². The van der Waals surface area contributed by atoms with Crippen LogP contribution in [0.2, 0.25) is 0 Å². The lowest BCUT2D eigenvalue weighted by Crippen LogP contribution is -2.28. The Hall–Kier alpha value is -2.16. The van der Waals surface area contributed by atoms with Crippen molar-refractivity contribution < 1.29 is 4.74 Å². The maximum atomic E-state index is 5.86. The lowest BCUT2D eigenvalue weighted by atomic mass is 10.2. The molecule has 0 fully saturated rings. The molecule has 0 aromatic heterocycles. The highest BCUT2D eigenvalue weighted by atomic mass is 16.5. The first-order valence-corrected chi connectivity index (χ1v) is 6.99. The van der Waals surface area contributed by atoms with E-state index in [4.69, 9.17) is 10.5 Å².